The third-order valence-electron chi connectivity index (χ3n) is 1.17. The summed E-state index contributed by atoms with van der Waals surface area (Å²) in [4.78, 5) is 21.3. The van der Waals surface area contributed by atoms with Crippen molar-refractivity contribution in [3.05, 3.63) is 12.7 Å². The summed E-state index contributed by atoms with van der Waals surface area (Å²) in [6.07, 6.45) is -2.00. The molecule has 1 amide bonds. The SMILES string of the molecule is C=CCN(CC(=O)O)C(=O)C(F)F. The van der Waals surface area contributed by atoms with Gasteiger partial charge in [-0.1, -0.05) is 6.08 Å². The first-order valence-electron chi connectivity index (χ1n) is 3.38. The van der Waals surface area contributed by atoms with Gasteiger partial charge in [0.25, 0.3) is 5.91 Å². The second-order valence-corrected chi connectivity index (χ2v) is 2.20. The molecule has 0 radical (unpaired) electrons. The maximum atomic E-state index is 11.8. The summed E-state index contributed by atoms with van der Waals surface area (Å²) in [5.41, 5.74) is 0. The topological polar surface area (TPSA) is 57.6 Å². The number of carbonyl (C=O) groups excluding carboxylic acids is 1. The van der Waals surface area contributed by atoms with Gasteiger partial charge < -0.3 is 10.0 Å². The van der Waals surface area contributed by atoms with Crippen LogP contribution in [0.25, 0.3) is 0 Å². The molecule has 0 aliphatic heterocycles. The summed E-state index contributed by atoms with van der Waals surface area (Å²) >= 11 is 0. The van der Waals surface area contributed by atoms with Crippen LogP contribution in [0.2, 0.25) is 0 Å². The van der Waals surface area contributed by atoms with Gasteiger partial charge in [0, 0.05) is 6.54 Å². The summed E-state index contributed by atoms with van der Waals surface area (Å²) in [7, 11) is 0. The Balaban J connectivity index is 4.31. The Hall–Kier alpha value is -1.46. The van der Waals surface area contributed by atoms with E-state index in [1.54, 1.807) is 0 Å². The Kier molecular flexibility index (Phi) is 4.64. The number of carboxylic acids is 1. The molecule has 1 N–H and O–H groups in total. The quantitative estimate of drug-likeness (QED) is 0.641. The van der Waals surface area contributed by atoms with Crippen molar-refractivity contribution in [3.8, 4) is 0 Å². The van der Waals surface area contributed by atoms with E-state index in [1.807, 2.05) is 0 Å². The molecule has 0 aromatic rings. The molecule has 0 fully saturated rings. The van der Waals surface area contributed by atoms with E-state index in [0.717, 1.165) is 0 Å². The summed E-state index contributed by atoms with van der Waals surface area (Å²) in [5, 5.41) is 8.27. The average Bonchev–Trinajstić information content (AvgIpc) is 2.01. The molecule has 0 saturated heterocycles. The van der Waals surface area contributed by atoms with E-state index >= 15 is 0 Å². The molecule has 13 heavy (non-hydrogen) atoms. The van der Waals surface area contributed by atoms with Crippen LogP contribution in [0.15, 0.2) is 12.7 Å². The summed E-state index contributed by atoms with van der Waals surface area (Å²) in [6.45, 7) is 2.28. The molecule has 0 spiro atoms. The normalized spacial score (nSPS) is 9.77. The number of hydrogen-bond donors (Lipinski definition) is 1. The molecule has 0 bridgehead atoms. The van der Waals surface area contributed by atoms with Crippen LogP contribution in [0.3, 0.4) is 0 Å². The number of hydrogen-bond acceptors (Lipinski definition) is 2. The van der Waals surface area contributed by atoms with Crippen LogP contribution in [0.5, 0.6) is 0 Å². The van der Waals surface area contributed by atoms with Gasteiger partial charge >= 0.3 is 12.4 Å². The first-order valence-corrected chi connectivity index (χ1v) is 3.38. The lowest BCUT2D eigenvalue weighted by Crippen LogP contribution is -2.39. The van der Waals surface area contributed by atoms with Gasteiger partial charge in [-0.25, -0.2) is 0 Å². The van der Waals surface area contributed by atoms with E-state index in [4.69, 9.17) is 5.11 Å². The zero-order chi connectivity index (χ0) is 10.4. The summed E-state index contributed by atoms with van der Waals surface area (Å²) in [6, 6.07) is 0. The van der Waals surface area contributed by atoms with Crippen molar-refractivity contribution < 1.29 is 23.5 Å². The molecular formula is C7H9F2NO3. The molecule has 0 saturated carbocycles. The number of halogens is 2. The molecule has 0 aromatic carbocycles. The minimum absolute atomic E-state index is 0.199. The first-order chi connectivity index (χ1) is 5.99. The number of carbonyl (C=O) groups is 2. The predicted octanol–water partition coefficient (Wildman–Crippen LogP) is 0.351. The van der Waals surface area contributed by atoms with E-state index in [1.165, 1.54) is 6.08 Å². The van der Waals surface area contributed by atoms with E-state index < -0.39 is 24.8 Å². The predicted molar refractivity (Wildman–Crippen MR) is 40.4 cm³/mol. The summed E-state index contributed by atoms with van der Waals surface area (Å²) in [5.74, 6) is -2.84. The van der Waals surface area contributed by atoms with Crippen molar-refractivity contribution in [2.45, 2.75) is 6.43 Å². The molecule has 6 heteroatoms. The smallest absolute Gasteiger partial charge is 0.323 e. The maximum absolute atomic E-state index is 11.8. The van der Waals surface area contributed by atoms with Gasteiger partial charge in [-0.15, -0.1) is 6.58 Å². The molecule has 4 nitrogen and oxygen atoms in total. The number of aliphatic carboxylic acids is 1. The second kappa shape index (κ2) is 5.23. The Bertz CT molecular complexity index is 218. The third-order valence-corrected chi connectivity index (χ3v) is 1.17. The first kappa shape index (κ1) is 11.5. The second-order valence-electron chi connectivity index (χ2n) is 2.20. The zero-order valence-corrected chi connectivity index (χ0v) is 6.74. The fraction of sp³-hybridized carbons (Fsp3) is 0.429. The van der Waals surface area contributed by atoms with Gasteiger partial charge in [0.2, 0.25) is 0 Å². The number of carboxylic acid groups (broad SMARTS) is 1. The lowest BCUT2D eigenvalue weighted by molar-refractivity contribution is -0.149. The number of alkyl halides is 2. The van der Waals surface area contributed by atoms with Gasteiger partial charge in [-0.2, -0.15) is 8.78 Å². The fourth-order valence-corrected chi connectivity index (χ4v) is 0.690. The molecule has 0 unspecified atom stereocenters. The molecule has 0 heterocycles. The van der Waals surface area contributed by atoms with Crippen LogP contribution in [-0.2, 0) is 9.59 Å². The van der Waals surface area contributed by atoms with Gasteiger partial charge in [0.05, 0.1) is 0 Å². The standard InChI is InChI=1S/C7H9F2NO3/c1-2-3-10(4-5(11)12)7(13)6(8)9/h2,6H,1,3-4H2,(H,11,12). The monoisotopic (exact) mass is 193 g/mol. The molecule has 0 aromatic heterocycles. The van der Waals surface area contributed by atoms with Crippen LogP contribution in [0.4, 0.5) is 8.78 Å². The van der Waals surface area contributed by atoms with Crippen LogP contribution < -0.4 is 0 Å². The van der Waals surface area contributed by atoms with Crippen LogP contribution >= 0.6 is 0 Å². The summed E-state index contributed by atoms with van der Waals surface area (Å²) < 4.78 is 23.7. The maximum Gasteiger partial charge on any atom is 0.323 e. The van der Waals surface area contributed by atoms with E-state index in [-0.39, 0.29) is 6.54 Å². The van der Waals surface area contributed by atoms with E-state index in [2.05, 4.69) is 6.58 Å². The van der Waals surface area contributed by atoms with Crippen molar-refractivity contribution in [2.24, 2.45) is 0 Å². The lowest BCUT2D eigenvalue weighted by Gasteiger charge is -2.17. The van der Waals surface area contributed by atoms with Gasteiger partial charge in [-0.05, 0) is 0 Å². The fourth-order valence-electron chi connectivity index (χ4n) is 0.690. The minimum Gasteiger partial charge on any atom is -0.480 e. The number of nitrogens with zero attached hydrogens (tertiary/aromatic N) is 1. The highest BCUT2D eigenvalue weighted by Gasteiger charge is 2.23. The van der Waals surface area contributed by atoms with Crippen molar-refractivity contribution in [3.63, 3.8) is 0 Å². The van der Waals surface area contributed by atoms with Gasteiger partial charge in [0.15, 0.2) is 0 Å². The highest BCUT2D eigenvalue weighted by molar-refractivity contribution is 5.83. The van der Waals surface area contributed by atoms with E-state index in [0.29, 0.717) is 4.90 Å². The Morgan fingerprint density at radius 1 is 1.54 bits per heavy atom. The largest absolute Gasteiger partial charge is 0.480 e. The van der Waals surface area contributed by atoms with Crippen molar-refractivity contribution in [1.82, 2.24) is 4.90 Å². The van der Waals surface area contributed by atoms with Gasteiger partial charge in [-0.3, -0.25) is 9.59 Å². The molecule has 0 aliphatic rings. The zero-order valence-electron chi connectivity index (χ0n) is 6.74. The van der Waals surface area contributed by atoms with E-state index in [9.17, 15) is 18.4 Å². The Labute approximate surface area is 73.4 Å². The van der Waals surface area contributed by atoms with Gasteiger partial charge in [0.1, 0.15) is 6.54 Å². The number of rotatable bonds is 5. The molecule has 0 rings (SSSR count). The van der Waals surface area contributed by atoms with Crippen molar-refractivity contribution in [2.75, 3.05) is 13.1 Å². The van der Waals surface area contributed by atoms with Crippen LogP contribution in [0, 0.1) is 0 Å². The Morgan fingerprint density at radius 3 is 2.38 bits per heavy atom. The molecule has 0 aliphatic carbocycles. The van der Waals surface area contributed by atoms with Crippen LogP contribution in [-0.4, -0.2) is 41.4 Å². The molecule has 74 valence electrons. The third kappa shape index (κ3) is 4.19. The highest BCUT2D eigenvalue weighted by atomic mass is 19.3. The molecular weight excluding hydrogens is 184 g/mol. The minimum atomic E-state index is -3.18. The Morgan fingerprint density at radius 2 is 2.08 bits per heavy atom. The number of amides is 1. The van der Waals surface area contributed by atoms with Crippen molar-refractivity contribution in [1.29, 1.82) is 0 Å². The van der Waals surface area contributed by atoms with Crippen molar-refractivity contribution >= 4 is 11.9 Å². The average molecular weight is 193 g/mol. The highest BCUT2D eigenvalue weighted by Crippen LogP contribution is 2.00. The van der Waals surface area contributed by atoms with Crippen LogP contribution in [0.1, 0.15) is 0 Å². The molecule has 0 atom stereocenters. The lowest BCUT2D eigenvalue weighted by atomic mass is 10.4.